The molecule has 2 N–H and O–H groups in total. The molecule has 1 rings (SSSR count). The van der Waals surface area contributed by atoms with Gasteiger partial charge >= 0.3 is 12.0 Å². The van der Waals surface area contributed by atoms with Gasteiger partial charge in [-0.2, -0.15) is 5.26 Å². The van der Waals surface area contributed by atoms with E-state index in [1.54, 1.807) is 20.0 Å². The Morgan fingerprint density at radius 2 is 2.20 bits per heavy atom. The van der Waals surface area contributed by atoms with Crippen molar-refractivity contribution in [3.8, 4) is 6.07 Å². The highest BCUT2D eigenvalue weighted by Crippen LogP contribution is 2.24. The number of nitrogens with zero attached hydrogens (tertiary/aromatic N) is 2. The Kier molecular flexibility index (Phi) is 5.53. The van der Waals surface area contributed by atoms with Crippen LogP contribution >= 0.6 is 15.9 Å². The molecule has 7 heteroatoms. The number of urea groups is 1. The summed E-state index contributed by atoms with van der Waals surface area (Å²) in [5.41, 5.74) is 0.446. The first-order valence-corrected chi connectivity index (χ1v) is 6.59. The molecule has 0 radical (unpaired) electrons. The third-order valence-corrected chi connectivity index (χ3v) is 3.51. The lowest BCUT2D eigenvalue weighted by atomic mass is 10.2. The van der Waals surface area contributed by atoms with Crippen LogP contribution in [0.25, 0.3) is 0 Å². The van der Waals surface area contributed by atoms with Gasteiger partial charge in [0, 0.05) is 17.6 Å². The van der Waals surface area contributed by atoms with Crippen molar-refractivity contribution in [3.05, 3.63) is 28.2 Å². The molecule has 0 saturated heterocycles. The van der Waals surface area contributed by atoms with Crippen molar-refractivity contribution in [2.45, 2.75) is 19.4 Å². The monoisotopic (exact) mass is 339 g/mol. The zero-order valence-corrected chi connectivity index (χ0v) is 12.6. The number of carbonyl (C=O) groups is 2. The van der Waals surface area contributed by atoms with Crippen molar-refractivity contribution in [2.75, 3.05) is 12.4 Å². The van der Waals surface area contributed by atoms with Crippen LogP contribution in [0.2, 0.25) is 0 Å². The fourth-order valence-electron chi connectivity index (χ4n) is 1.43. The van der Waals surface area contributed by atoms with Crippen LogP contribution in [-0.2, 0) is 0 Å². The highest BCUT2D eigenvalue weighted by atomic mass is 79.9. The van der Waals surface area contributed by atoms with Gasteiger partial charge in [0.1, 0.15) is 0 Å². The summed E-state index contributed by atoms with van der Waals surface area (Å²) < 4.78 is 0.581. The number of nitriles is 1. The molecule has 0 aliphatic carbocycles. The lowest BCUT2D eigenvalue weighted by Crippen LogP contribution is -2.38. The number of halogens is 1. The maximum absolute atomic E-state index is 12.0. The standard InChI is InChI=1S/C13H14BrN3O3/c1-8(5-6-15)17(2)13(20)16-11-7-9(12(18)19)3-4-10(11)14/h3-4,7-8H,5H2,1-2H3,(H,16,20)(H,18,19). The summed E-state index contributed by atoms with van der Waals surface area (Å²) in [6, 6.07) is 5.71. The van der Waals surface area contributed by atoms with Crippen molar-refractivity contribution in [1.82, 2.24) is 4.90 Å². The van der Waals surface area contributed by atoms with Crippen LogP contribution < -0.4 is 5.32 Å². The van der Waals surface area contributed by atoms with Crippen molar-refractivity contribution in [2.24, 2.45) is 0 Å². The van der Waals surface area contributed by atoms with Crippen LogP contribution in [0.4, 0.5) is 10.5 Å². The number of rotatable bonds is 4. The number of aromatic carboxylic acids is 1. The Bertz CT molecular complexity index is 568. The minimum absolute atomic E-state index is 0.0798. The number of amides is 2. The second-order valence-electron chi connectivity index (χ2n) is 4.25. The van der Waals surface area contributed by atoms with Gasteiger partial charge in [-0.25, -0.2) is 9.59 Å². The van der Waals surface area contributed by atoms with Crippen LogP contribution in [0.3, 0.4) is 0 Å². The summed E-state index contributed by atoms with van der Waals surface area (Å²) >= 11 is 3.25. The molecule has 0 spiro atoms. The Hall–Kier alpha value is -2.07. The molecule has 1 atom stereocenters. The molecule has 0 aliphatic heterocycles. The Labute approximate surface area is 125 Å². The summed E-state index contributed by atoms with van der Waals surface area (Å²) in [5.74, 6) is -1.07. The molecule has 1 unspecified atom stereocenters. The molecular formula is C13H14BrN3O3. The summed E-state index contributed by atoms with van der Waals surface area (Å²) in [7, 11) is 1.58. The second kappa shape index (κ2) is 6.91. The molecule has 0 aromatic heterocycles. The van der Waals surface area contributed by atoms with Gasteiger partial charge < -0.3 is 15.3 Å². The Morgan fingerprint density at radius 3 is 2.75 bits per heavy atom. The fourth-order valence-corrected chi connectivity index (χ4v) is 1.77. The van der Waals surface area contributed by atoms with Crippen LogP contribution in [0.15, 0.2) is 22.7 Å². The molecule has 6 nitrogen and oxygen atoms in total. The Morgan fingerprint density at radius 1 is 1.55 bits per heavy atom. The SMILES string of the molecule is CC(CC#N)N(C)C(=O)Nc1cc(C(=O)O)ccc1Br. The molecule has 0 heterocycles. The van der Waals surface area contributed by atoms with Gasteiger partial charge in [0.05, 0.1) is 23.7 Å². The van der Waals surface area contributed by atoms with E-state index in [1.165, 1.54) is 17.0 Å². The van der Waals surface area contributed by atoms with E-state index in [9.17, 15) is 9.59 Å². The first kappa shape index (κ1) is 16.0. The summed E-state index contributed by atoms with van der Waals surface area (Å²) in [5, 5.41) is 20.2. The van der Waals surface area contributed by atoms with Gasteiger partial charge in [-0.15, -0.1) is 0 Å². The van der Waals surface area contributed by atoms with E-state index in [0.29, 0.717) is 10.2 Å². The maximum Gasteiger partial charge on any atom is 0.335 e. The topological polar surface area (TPSA) is 93.4 Å². The van der Waals surface area contributed by atoms with Crippen LogP contribution in [-0.4, -0.2) is 35.1 Å². The quantitative estimate of drug-likeness (QED) is 0.881. The number of hydrogen-bond acceptors (Lipinski definition) is 3. The third-order valence-electron chi connectivity index (χ3n) is 2.82. The first-order chi connectivity index (χ1) is 9.36. The zero-order chi connectivity index (χ0) is 15.3. The largest absolute Gasteiger partial charge is 0.478 e. The van der Waals surface area contributed by atoms with Crippen molar-refractivity contribution < 1.29 is 14.7 Å². The van der Waals surface area contributed by atoms with Crippen molar-refractivity contribution >= 4 is 33.6 Å². The van der Waals surface area contributed by atoms with Gasteiger partial charge in [-0.1, -0.05) is 0 Å². The molecule has 20 heavy (non-hydrogen) atoms. The predicted molar refractivity (Wildman–Crippen MR) is 77.6 cm³/mol. The molecule has 106 valence electrons. The van der Waals surface area contributed by atoms with Gasteiger partial charge in [-0.3, -0.25) is 0 Å². The molecule has 2 amide bonds. The van der Waals surface area contributed by atoms with Gasteiger partial charge in [0.2, 0.25) is 0 Å². The van der Waals surface area contributed by atoms with E-state index in [4.69, 9.17) is 10.4 Å². The minimum atomic E-state index is -1.07. The van der Waals surface area contributed by atoms with E-state index in [-0.39, 0.29) is 18.0 Å². The number of anilines is 1. The van der Waals surface area contributed by atoms with E-state index in [0.717, 1.165) is 0 Å². The maximum atomic E-state index is 12.0. The molecule has 0 saturated carbocycles. The average molecular weight is 340 g/mol. The van der Waals surface area contributed by atoms with Crippen LogP contribution in [0, 0.1) is 11.3 Å². The molecule has 0 aliphatic rings. The number of hydrogen-bond donors (Lipinski definition) is 2. The molecule has 1 aromatic rings. The summed E-state index contributed by atoms with van der Waals surface area (Å²) in [4.78, 5) is 24.3. The summed E-state index contributed by atoms with van der Waals surface area (Å²) in [6.07, 6.45) is 0.222. The lowest BCUT2D eigenvalue weighted by molar-refractivity contribution is 0.0697. The highest BCUT2D eigenvalue weighted by molar-refractivity contribution is 9.10. The van der Waals surface area contributed by atoms with Crippen LogP contribution in [0.1, 0.15) is 23.7 Å². The number of carboxylic acid groups (broad SMARTS) is 1. The van der Waals surface area contributed by atoms with E-state index < -0.39 is 12.0 Å². The van der Waals surface area contributed by atoms with E-state index >= 15 is 0 Å². The average Bonchev–Trinajstić information content (AvgIpc) is 2.40. The van der Waals surface area contributed by atoms with Crippen LogP contribution in [0.5, 0.6) is 0 Å². The number of nitrogens with one attached hydrogen (secondary N) is 1. The van der Waals surface area contributed by atoms with Crippen molar-refractivity contribution in [1.29, 1.82) is 5.26 Å². The van der Waals surface area contributed by atoms with Gasteiger partial charge in [-0.05, 0) is 41.1 Å². The normalized spacial score (nSPS) is 11.3. The van der Waals surface area contributed by atoms with Crippen molar-refractivity contribution in [3.63, 3.8) is 0 Å². The molecular weight excluding hydrogens is 326 g/mol. The second-order valence-corrected chi connectivity index (χ2v) is 5.11. The Balaban J connectivity index is 2.88. The first-order valence-electron chi connectivity index (χ1n) is 5.80. The minimum Gasteiger partial charge on any atom is -0.478 e. The molecule has 1 aromatic carbocycles. The predicted octanol–water partition coefficient (Wildman–Crippen LogP) is 2.91. The number of benzene rings is 1. The molecule has 0 bridgehead atoms. The smallest absolute Gasteiger partial charge is 0.335 e. The number of carbonyl (C=O) groups excluding carboxylic acids is 1. The highest BCUT2D eigenvalue weighted by Gasteiger charge is 2.17. The van der Waals surface area contributed by atoms with E-state index in [2.05, 4.69) is 21.2 Å². The number of carboxylic acids is 1. The van der Waals surface area contributed by atoms with Gasteiger partial charge in [0.15, 0.2) is 0 Å². The fraction of sp³-hybridized carbons (Fsp3) is 0.308. The zero-order valence-electron chi connectivity index (χ0n) is 11.1. The van der Waals surface area contributed by atoms with E-state index in [1.807, 2.05) is 6.07 Å². The summed E-state index contributed by atoms with van der Waals surface area (Å²) in [6.45, 7) is 1.76. The van der Waals surface area contributed by atoms with Gasteiger partial charge in [0.25, 0.3) is 0 Å². The molecule has 0 fully saturated rings. The lowest BCUT2D eigenvalue weighted by Gasteiger charge is -2.23. The third kappa shape index (κ3) is 3.96.